The molecule has 2 N–H and O–H groups in total. The van der Waals surface area contributed by atoms with Gasteiger partial charge in [0, 0.05) is 50.4 Å². The van der Waals surface area contributed by atoms with Crippen LogP contribution in [0.3, 0.4) is 0 Å². The predicted octanol–water partition coefficient (Wildman–Crippen LogP) is 4.87. The first-order chi connectivity index (χ1) is 19.0. The summed E-state index contributed by atoms with van der Waals surface area (Å²) in [6.45, 7) is 3.59. The minimum Gasteiger partial charge on any atom is -0.483 e. The van der Waals surface area contributed by atoms with Gasteiger partial charge in [0.25, 0.3) is 6.47 Å². The quantitative estimate of drug-likeness (QED) is 0.434. The van der Waals surface area contributed by atoms with Crippen molar-refractivity contribution in [2.45, 2.75) is 75.8 Å². The number of aliphatic hydroxyl groups excluding tert-OH is 1. The number of aldehydes is 1. The number of carbonyl (C=O) groups is 2. The lowest BCUT2D eigenvalue weighted by Crippen LogP contribution is -2.33. The van der Waals surface area contributed by atoms with Crippen molar-refractivity contribution in [3.8, 4) is 0 Å². The van der Waals surface area contributed by atoms with E-state index in [0.717, 1.165) is 68.5 Å². The van der Waals surface area contributed by atoms with Crippen LogP contribution in [0.5, 0.6) is 0 Å². The minimum atomic E-state index is -0.250. The first-order valence-electron chi connectivity index (χ1n) is 14.0. The van der Waals surface area contributed by atoms with E-state index in [4.69, 9.17) is 24.7 Å². The molecule has 0 radical (unpaired) electrons. The van der Waals surface area contributed by atoms with E-state index in [9.17, 15) is 4.79 Å². The zero-order valence-corrected chi connectivity index (χ0v) is 23.3. The summed E-state index contributed by atoms with van der Waals surface area (Å²) in [5, 5.41) is 13.9. The highest BCUT2D eigenvalue weighted by Crippen LogP contribution is 2.41. The van der Waals surface area contributed by atoms with Gasteiger partial charge in [-0.1, -0.05) is 24.3 Å². The van der Waals surface area contributed by atoms with Crippen LogP contribution in [0.2, 0.25) is 0 Å². The van der Waals surface area contributed by atoms with E-state index >= 15 is 0 Å². The standard InChI is InChI=1S/C29H35N3O2.CH2O2.CH4O/c1-19-5-12-25-26(31(19)2)13-14-27-29(25)30-28(32(27)24-4-3-15-34-18-24)16-23(17-33)22-10-8-21(9-11-22)20-6-7-20;2-1-3;1-2/h8-11,13-14,17,19-20,23-24H,3-7,12,15-16,18H2,1-2H3;1H,(H,2,3);2H,1H3. The van der Waals surface area contributed by atoms with Gasteiger partial charge in [0.2, 0.25) is 0 Å². The number of fused-ring (bicyclic) bond motifs is 3. The maximum atomic E-state index is 12.3. The van der Waals surface area contributed by atoms with Gasteiger partial charge in [-0.3, -0.25) is 4.79 Å². The van der Waals surface area contributed by atoms with Gasteiger partial charge in [-0.15, -0.1) is 0 Å². The maximum Gasteiger partial charge on any atom is 0.290 e. The van der Waals surface area contributed by atoms with Crippen LogP contribution < -0.4 is 4.90 Å². The largest absolute Gasteiger partial charge is 0.483 e. The molecule has 3 heterocycles. The average molecular weight is 536 g/mol. The number of aromatic nitrogens is 2. The number of ether oxygens (including phenoxy) is 1. The number of rotatable bonds is 6. The van der Waals surface area contributed by atoms with Crippen molar-refractivity contribution in [2.75, 3.05) is 32.3 Å². The molecule has 1 aromatic heterocycles. The number of carbonyl (C=O) groups excluding carboxylic acids is 1. The monoisotopic (exact) mass is 535 g/mol. The molecule has 8 heteroatoms. The lowest BCUT2D eigenvalue weighted by atomic mass is 9.95. The summed E-state index contributed by atoms with van der Waals surface area (Å²) in [4.78, 5) is 28.3. The number of anilines is 1. The van der Waals surface area contributed by atoms with Crippen LogP contribution in [0.15, 0.2) is 36.4 Å². The zero-order valence-electron chi connectivity index (χ0n) is 23.3. The molecule has 39 heavy (non-hydrogen) atoms. The van der Waals surface area contributed by atoms with E-state index < -0.39 is 0 Å². The van der Waals surface area contributed by atoms with Crippen molar-refractivity contribution in [1.29, 1.82) is 0 Å². The molecule has 1 saturated carbocycles. The fourth-order valence-corrected chi connectivity index (χ4v) is 5.97. The lowest BCUT2D eigenvalue weighted by Gasteiger charge is -2.34. The summed E-state index contributed by atoms with van der Waals surface area (Å²) in [7, 11) is 3.19. The third-order valence-electron chi connectivity index (χ3n) is 8.35. The van der Waals surface area contributed by atoms with Crippen LogP contribution in [-0.2, 0) is 27.2 Å². The number of carboxylic acid groups (broad SMARTS) is 1. The highest BCUT2D eigenvalue weighted by Gasteiger charge is 2.29. The normalized spacial score (nSPS) is 21.1. The van der Waals surface area contributed by atoms with Gasteiger partial charge in [0.15, 0.2) is 0 Å². The first kappa shape index (κ1) is 28.8. The molecule has 2 aliphatic heterocycles. The van der Waals surface area contributed by atoms with Gasteiger partial charge in [0.1, 0.15) is 12.1 Å². The Kier molecular flexibility index (Phi) is 9.75. The van der Waals surface area contributed by atoms with Crippen LogP contribution in [0.4, 0.5) is 5.69 Å². The first-order valence-corrected chi connectivity index (χ1v) is 14.0. The Morgan fingerprint density at radius 2 is 1.79 bits per heavy atom. The van der Waals surface area contributed by atoms with E-state index in [1.165, 1.54) is 35.2 Å². The van der Waals surface area contributed by atoms with Gasteiger partial charge in [-0.05, 0) is 74.6 Å². The van der Waals surface area contributed by atoms with Gasteiger partial charge in [0.05, 0.1) is 23.7 Å². The van der Waals surface area contributed by atoms with Gasteiger partial charge >= 0.3 is 0 Å². The van der Waals surface area contributed by atoms with E-state index in [2.05, 4.69) is 59.8 Å². The van der Waals surface area contributed by atoms with E-state index in [1.807, 2.05) is 0 Å². The van der Waals surface area contributed by atoms with Gasteiger partial charge < -0.3 is 29.2 Å². The van der Waals surface area contributed by atoms with Crippen molar-refractivity contribution >= 4 is 29.5 Å². The second kappa shape index (κ2) is 13.2. The van der Waals surface area contributed by atoms with Crippen molar-refractivity contribution in [3.63, 3.8) is 0 Å². The van der Waals surface area contributed by atoms with Crippen LogP contribution in [0.25, 0.3) is 11.0 Å². The lowest BCUT2D eigenvalue weighted by molar-refractivity contribution is -0.122. The fourth-order valence-electron chi connectivity index (χ4n) is 5.97. The predicted molar refractivity (Wildman–Crippen MR) is 153 cm³/mol. The number of hydrogen-bond acceptors (Lipinski definition) is 6. The molecule has 1 saturated heterocycles. The summed E-state index contributed by atoms with van der Waals surface area (Å²) in [5.74, 6) is 1.56. The second-order valence-corrected chi connectivity index (χ2v) is 10.7. The summed E-state index contributed by atoms with van der Waals surface area (Å²) in [5.41, 5.74) is 7.46. The minimum absolute atomic E-state index is 0.188. The van der Waals surface area contributed by atoms with Gasteiger partial charge in [-0.2, -0.15) is 0 Å². The van der Waals surface area contributed by atoms with Crippen LogP contribution in [-0.4, -0.2) is 65.9 Å². The molecular formula is C31H41N3O5. The Bertz CT molecular complexity index is 1250. The Morgan fingerprint density at radius 3 is 2.41 bits per heavy atom. The maximum absolute atomic E-state index is 12.3. The van der Waals surface area contributed by atoms with Crippen molar-refractivity contribution in [2.24, 2.45) is 0 Å². The zero-order chi connectivity index (χ0) is 27.9. The summed E-state index contributed by atoms with van der Waals surface area (Å²) in [6.07, 6.45) is 8.67. The third kappa shape index (κ3) is 6.17. The number of benzene rings is 2. The second-order valence-electron chi connectivity index (χ2n) is 10.7. The molecule has 3 atom stereocenters. The summed E-state index contributed by atoms with van der Waals surface area (Å²) >= 11 is 0. The van der Waals surface area contributed by atoms with Crippen LogP contribution in [0.1, 0.15) is 79.4 Å². The number of aliphatic hydroxyl groups is 1. The Hall–Kier alpha value is -3.23. The molecular weight excluding hydrogens is 494 g/mol. The highest BCUT2D eigenvalue weighted by atomic mass is 16.5. The molecule has 1 aliphatic carbocycles. The Balaban J connectivity index is 0.000000662. The van der Waals surface area contributed by atoms with Crippen LogP contribution >= 0.6 is 0 Å². The number of imidazole rings is 1. The van der Waals surface area contributed by atoms with Crippen LogP contribution in [0, 0.1) is 0 Å². The molecule has 8 nitrogen and oxygen atoms in total. The SMILES string of the molecule is CC1CCc2c(ccc3c2nc(CC(C=O)c2ccc(C4CC4)cc2)n3C2CCCOC2)N1C.CO.O=CO. The van der Waals surface area contributed by atoms with E-state index in [-0.39, 0.29) is 18.4 Å². The number of hydrogen-bond donors (Lipinski definition) is 2. The Labute approximate surface area is 230 Å². The molecule has 2 fully saturated rings. The molecule has 3 unspecified atom stereocenters. The topological polar surface area (TPSA) is 105 Å². The van der Waals surface area contributed by atoms with Crippen molar-refractivity contribution < 1.29 is 24.5 Å². The van der Waals surface area contributed by atoms with Crippen molar-refractivity contribution in [1.82, 2.24) is 9.55 Å². The number of nitrogens with zero attached hydrogens (tertiary/aromatic N) is 3. The molecule has 0 spiro atoms. The van der Waals surface area contributed by atoms with Gasteiger partial charge in [-0.25, -0.2) is 4.98 Å². The Morgan fingerprint density at radius 1 is 1.08 bits per heavy atom. The summed E-state index contributed by atoms with van der Waals surface area (Å²) in [6, 6.07) is 14.1. The van der Waals surface area contributed by atoms with Crippen molar-refractivity contribution in [3.05, 3.63) is 58.9 Å². The third-order valence-corrected chi connectivity index (χ3v) is 8.35. The molecule has 3 aromatic rings. The fraction of sp³-hybridized carbons (Fsp3) is 0.516. The average Bonchev–Trinajstić information content (AvgIpc) is 3.76. The smallest absolute Gasteiger partial charge is 0.290 e. The molecule has 0 bridgehead atoms. The molecule has 3 aliphatic rings. The molecule has 210 valence electrons. The number of aryl methyl sites for hydroxylation is 1. The molecule has 0 amide bonds. The summed E-state index contributed by atoms with van der Waals surface area (Å²) < 4.78 is 8.29. The van der Waals surface area contributed by atoms with E-state index in [1.54, 1.807) is 0 Å². The molecule has 2 aromatic carbocycles. The highest BCUT2D eigenvalue weighted by molar-refractivity contribution is 5.86. The van der Waals surface area contributed by atoms with E-state index in [0.29, 0.717) is 19.1 Å². The molecule has 6 rings (SSSR count).